The number of nitrogens with zero attached hydrogens (tertiary/aromatic N) is 3. The summed E-state index contributed by atoms with van der Waals surface area (Å²) >= 11 is 0. The third kappa shape index (κ3) is 7.67. The van der Waals surface area contributed by atoms with Crippen molar-refractivity contribution in [1.29, 1.82) is 0 Å². The van der Waals surface area contributed by atoms with Crippen LogP contribution < -0.4 is 15.5 Å². The molecule has 0 spiro atoms. The van der Waals surface area contributed by atoms with Gasteiger partial charge in [-0.25, -0.2) is 4.98 Å². The molecule has 3 aromatic carbocycles. The molecule has 6 nitrogen and oxygen atoms in total. The maximum absolute atomic E-state index is 13.0. The van der Waals surface area contributed by atoms with Gasteiger partial charge in [0.05, 0.1) is 5.52 Å². The van der Waals surface area contributed by atoms with E-state index in [0.717, 1.165) is 54.4 Å². The summed E-state index contributed by atoms with van der Waals surface area (Å²) in [7, 11) is 4.02. The first-order valence-corrected chi connectivity index (χ1v) is 15.7. The molecule has 42 heavy (non-hydrogen) atoms. The number of amides is 1. The van der Waals surface area contributed by atoms with Crippen molar-refractivity contribution in [1.82, 2.24) is 15.3 Å². The number of rotatable bonds is 12. The predicted octanol–water partition coefficient (Wildman–Crippen LogP) is 8.03. The zero-order valence-electron chi connectivity index (χ0n) is 25.4. The fourth-order valence-corrected chi connectivity index (χ4v) is 5.91. The van der Waals surface area contributed by atoms with E-state index in [4.69, 9.17) is 9.97 Å². The van der Waals surface area contributed by atoms with Crippen molar-refractivity contribution in [3.05, 3.63) is 83.9 Å². The molecule has 1 saturated carbocycles. The molecule has 1 fully saturated rings. The molecule has 1 aliphatic rings. The summed E-state index contributed by atoms with van der Waals surface area (Å²) in [6, 6.07) is 25.5. The molecule has 1 aromatic heterocycles. The minimum atomic E-state index is 0.00451. The number of benzene rings is 3. The molecule has 6 heteroatoms. The maximum Gasteiger partial charge on any atom is 0.251 e. The van der Waals surface area contributed by atoms with Crippen LogP contribution in [0.25, 0.3) is 22.0 Å². The molecule has 1 amide bonds. The van der Waals surface area contributed by atoms with Gasteiger partial charge in [0.1, 0.15) is 5.82 Å². The number of para-hydroxylation sites is 1. The van der Waals surface area contributed by atoms with Gasteiger partial charge in [-0.15, -0.1) is 0 Å². The van der Waals surface area contributed by atoms with Gasteiger partial charge in [0.25, 0.3) is 5.91 Å². The number of unbranched alkanes of at least 4 members (excludes halogenated alkanes) is 4. The summed E-state index contributed by atoms with van der Waals surface area (Å²) in [6.45, 7) is 2.26. The minimum Gasteiger partial charge on any atom is -0.362 e. The summed E-state index contributed by atoms with van der Waals surface area (Å²) < 4.78 is 0. The first-order chi connectivity index (χ1) is 20.5. The Hall–Kier alpha value is -3.93. The van der Waals surface area contributed by atoms with Crippen LogP contribution in [0.5, 0.6) is 0 Å². The second-order valence-corrected chi connectivity index (χ2v) is 11.9. The number of fused-ring (bicyclic) bond motifs is 1. The van der Waals surface area contributed by atoms with E-state index in [1.54, 1.807) is 0 Å². The third-order valence-electron chi connectivity index (χ3n) is 8.41. The summed E-state index contributed by atoms with van der Waals surface area (Å²) in [6.07, 6.45) is 11.5. The monoisotopic (exact) mass is 563 g/mol. The van der Waals surface area contributed by atoms with E-state index in [-0.39, 0.29) is 11.9 Å². The van der Waals surface area contributed by atoms with Crippen molar-refractivity contribution in [2.75, 3.05) is 24.3 Å². The first-order valence-electron chi connectivity index (χ1n) is 15.7. The van der Waals surface area contributed by atoms with Crippen LogP contribution in [0.3, 0.4) is 0 Å². The number of hydrogen-bond donors (Lipinski definition) is 2. The molecule has 0 unspecified atom stereocenters. The number of carbonyl (C=O) groups is 1. The van der Waals surface area contributed by atoms with Crippen LogP contribution in [0.2, 0.25) is 0 Å². The van der Waals surface area contributed by atoms with Crippen LogP contribution in [0.4, 0.5) is 11.8 Å². The van der Waals surface area contributed by atoms with E-state index in [9.17, 15) is 4.79 Å². The zero-order valence-corrected chi connectivity index (χ0v) is 25.4. The zero-order chi connectivity index (χ0) is 29.3. The molecule has 0 atom stereocenters. The molecule has 5 rings (SSSR count). The van der Waals surface area contributed by atoms with Gasteiger partial charge in [0, 0.05) is 37.1 Å². The summed E-state index contributed by atoms with van der Waals surface area (Å²) in [5.41, 5.74) is 5.38. The summed E-state index contributed by atoms with van der Waals surface area (Å²) in [5, 5.41) is 7.87. The molecular formula is C36H45N5O. The van der Waals surface area contributed by atoms with Crippen LogP contribution in [0, 0.1) is 0 Å². The fraction of sp³-hybridized carbons (Fsp3) is 0.417. The van der Waals surface area contributed by atoms with Crippen LogP contribution in [-0.4, -0.2) is 42.1 Å². The molecule has 0 aliphatic heterocycles. The quantitative estimate of drug-likeness (QED) is 0.171. The highest BCUT2D eigenvalue weighted by Crippen LogP contribution is 2.27. The summed E-state index contributed by atoms with van der Waals surface area (Å²) in [4.78, 5) is 24.6. The van der Waals surface area contributed by atoms with Crippen molar-refractivity contribution in [3.63, 3.8) is 0 Å². The van der Waals surface area contributed by atoms with Gasteiger partial charge in [0.15, 0.2) is 0 Å². The van der Waals surface area contributed by atoms with E-state index < -0.39 is 0 Å². The second-order valence-electron chi connectivity index (χ2n) is 11.9. The topological polar surface area (TPSA) is 70.2 Å². The molecular weight excluding hydrogens is 518 g/mol. The molecule has 1 heterocycles. The first kappa shape index (κ1) is 29.6. The van der Waals surface area contributed by atoms with Crippen molar-refractivity contribution < 1.29 is 4.79 Å². The number of aryl methyl sites for hydroxylation is 1. The number of nitrogens with one attached hydrogen (secondary N) is 2. The standard InChI is InChI=1S/C36H45N5O/c1-4-5-6-7-8-11-26-14-16-27(17-15-26)28-18-20-29(21-19-28)35(42)37-30-22-24-31(25-23-30)38-36-39-33-13-10-9-12-32(33)34(40-36)41(2)3/h9-10,12-21,30-31H,4-8,11,22-25H2,1-3H3,(H,37,42)(H,38,39,40)/t30-,31+. The smallest absolute Gasteiger partial charge is 0.251 e. The predicted molar refractivity (Wildman–Crippen MR) is 175 cm³/mol. The number of hydrogen-bond acceptors (Lipinski definition) is 5. The Morgan fingerprint density at radius 3 is 2.12 bits per heavy atom. The van der Waals surface area contributed by atoms with E-state index >= 15 is 0 Å². The number of aromatic nitrogens is 2. The highest BCUT2D eigenvalue weighted by Gasteiger charge is 2.24. The number of carbonyl (C=O) groups excluding carboxylic acids is 1. The average molecular weight is 564 g/mol. The average Bonchev–Trinajstić information content (AvgIpc) is 3.02. The summed E-state index contributed by atoms with van der Waals surface area (Å²) in [5.74, 6) is 1.59. The Bertz CT molecular complexity index is 1440. The molecule has 0 radical (unpaired) electrons. The molecule has 0 bridgehead atoms. The van der Waals surface area contributed by atoms with Crippen molar-refractivity contribution in [2.45, 2.75) is 83.2 Å². The lowest BCUT2D eigenvalue weighted by atomic mass is 9.91. The Morgan fingerprint density at radius 2 is 1.43 bits per heavy atom. The molecule has 2 N–H and O–H groups in total. The van der Waals surface area contributed by atoms with Crippen LogP contribution in [0.1, 0.15) is 80.6 Å². The lowest BCUT2D eigenvalue weighted by molar-refractivity contribution is 0.0926. The number of anilines is 2. The molecule has 4 aromatic rings. The van der Waals surface area contributed by atoms with Gasteiger partial charge in [-0.05, 0) is 79.5 Å². The maximum atomic E-state index is 13.0. The highest BCUT2D eigenvalue weighted by molar-refractivity contribution is 5.95. The minimum absolute atomic E-state index is 0.00451. The highest BCUT2D eigenvalue weighted by atomic mass is 16.1. The van der Waals surface area contributed by atoms with E-state index in [2.05, 4.69) is 60.0 Å². The lowest BCUT2D eigenvalue weighted by Gasteiger charge is -2.30. The Balaban J connectivity index is 1.10. The van der Waals surface area contributed by atoms with Gasteiger partial charge in [-0.1, -0.05) is 81.1 Å². The van der Waals surface area contributed by atoms with E-state index in [1.807, 2.05) is 49.3 Å². The Labute approximate surface area is 251 Å². The Kier molecular flexibility index (Phi) is 10.1. The normalized spacial score (nSPS) is 16.7. The lowest BCUT2D eigenvalue weighted by Crippen LogP contribution is -2.40. The van der Waals surface area contributed by atoms with Gasteiger partial charge in [-0.2, -0.15) is 4.98 Å². The Morgan fingerprint density at radius 1 is 0.786 bits per heavy atom. The SMILES string of the molecule is CCCCCCCc1ccc(-c2ccc(C(=O)N[C@H]3CC[C@@H](Nc4nc(N(C)C)c5ccccc5n4)CC3)cc2)cc1. The second kappa shape index (κ2) is 14.3. The van der Waals surface area contributed by atoms with E-state index in [0.29, 0.717) is 17.6 Å². The largest absolute Gasteiger partial charge is 0.362 e. The van der Waals surface area contributed by atoms with Crippen LogP contribution >= 0.6 is 0 Å². The van der Waals surface area contributed by atoms with Crippen molar-refractivity contribution in [2.24, 2.45) is 0 Å². The van der Waals surface area contributed by atoms with Gasteiger partial charge < -0.3 is 15.5 Å². The van der Waals surface area contributed by atoms with Crippen LogP contribution in [-0.2, 0) is 6.42 Å². The molecule has 0 saturated heterocycles. The fourth-order valence-electron chi connectivity index (χ4n) is 5.91. The molecule has 220 valence electrons. The van der Waals surface area contributed by atoms with Crippen LogP contribution in [0.15, 0.2) is 72.8 Å². The van der Waals surface area contributed by atoms with Gasteiger partial charge in [-0.3, -0.25) is 4.79 Å². The van der Waals surface area contributed by atoms with Crippen molar-refractivity contribution >= 4 is 28.6 Å². The molecule has 1 aliphatic carbocycles. The third-order valence-corrected chi connectivity index (χ3v) is 8.41. The van der Waals surface area contributed by atoms with Crippen molar-refractivity contribution in [3.8, 4) is 11.1 Å². The van der Waals surface area contributed by atoms with Gasteiger partial charge >= 0.3 is 0 Å². The van der Waals surface area contributed by atoms with Gasteiger partial charge in [0.2, 0.25) is 5.95 Å². The van der Waals surface area contributed by atoms with E-state index in [1.165, 1.54) is 43.2 Å².